The van der Waals surface area contributed by atoms with Crippen molar-refractivity contribution in [1.29, 1.82) is 0 Å². The molecule has 0 aliphatic carbocycles. The molecule has 0 saturated heterocycles. The third-order valence-electron chi connectivity index (χ3n) is 4.46. The highest BCUT2D eigenvalue weighted by molar-refractivity contribution is 9.10. The third kappa shape index (κ3) is 5.28. The first-order valence-electron chi connectivity index (χ1n) is 9.46. The summed E-state index contributed by atoms with van der Waals surface area (Å²) < 4.78 is 6.28. The van der Waals surface area contributed by atoms with Gasteiger partial charge in [-0.1, -0.05) is 27.1 Å². The molecule has 164 valence electrons. The van der Waals surface area contributed by atoms with Gasteiger partial charge >= 0.3 is 6.01 Å². The predicted octanol–water partition coefficient (Wildman–Crippen LogP) is 4.91. The first-order valence-corrected chi connectivity index (χ1v) is 10.2. The highest BCUT2D eigenvalue weighted by atomic mass is 79.9. The number of halogens is 1. The van der Waals surface area contributed by atoms with Gasteiger partial charge in [-0.15, -0.1) is 5.10 Å². The van der Waals surface area contributed by atoms with Gasteiger partial charge in [-0.25, -0.2) is 0 Å². The van der Waals surface area contributed by atoms with E-state index in [9.17, 15) is 19.7 Å². The van der Waals surface area contributed by atoms with Crippen molar-refractivity contribution in [3.63, 3.8) is 0 Å². The number of non-ortho nitro benzene ring substituents is 1. The topological polar surface area (TPSA) is 140 Å². The van der Waals surface area contributed by atoms with Crippen LogP contribution in [0.4, 0.5) is 17.4 Å². The summed E-state index contributed by atoms with van der Waals surface area (Å²) in [6.07, 6.45) is 0. The van der Waals surface area contributed by atoms with Gasteiger partial charge in [-0.3, -0.25) is 25.0 Å². The summed E-state index contributed by atoms with van der Waals surface area (Å²) in [4.78, 5) is 35.2. The van der Waals surface area contributed by atoms with Crippen molar-refractivity contribution in [3.05, 3.63) is 98.5 Å². The predicted molar refractivity (Wildman–Crippen MR) is 123 cm³/mol. The van der Waals surface area contributed by atoms with Crippen LogP contribution in [0.5, 0.6) is 0 Å². The van der Waals surface area contributed by atoms with Gasteiger partial charge in [0.2, 0.25) is 5.89 Å². The Bertz CT molecular complexity index is 1340. The number of anilines is 2. The molecule has 4 aromatic rings. The zero-order valence-electron chi connectivity index (χ0n) is 16.7. The monoisotopic (exact) mass is 507 g/mol. The SMILES string of the molecule is O=C(Nc1cccc(C(=O)Nc2nnc(-c3ccc([N+](=O)[O-])cc3)o2)c1)c1ccc(Br)cc1. The summed E-state index contributed by atoms with van der Waals surface area (Å²) >= 11 is 3.32. The quantitative estimate of drug-likeness (QED) is 0.279. The standard InChI is InChI=1S/C22H14BrN5O5/c23-16-8-4-13(5-9-16)19(29)24-17-3-1-2-15(12-17)20(30)25-22-27-26-21(33-22)14-6-10-18(11-7-14)28(31)32/h1-12H,(H,24,29)(H,25,27,30). The summed E-state index contributed by atoms with van der Waals surface area (Å²) in [5.74, 6) is -0.742. The Morgan fingerprint density at radius 3 is 2.27 bits per heavy atom. The number of rotatable bonds is 6. The van der Waals surface area contributed by atoms with Gasteiger partial charge in [-0.05, 0) is 54.6 Å². The molecule has 11 heteroatoms. The Balaban J connectivity index is 1.43. The van der Waals surface area contributed by atoms with Crippen LogP contribution in [0.2, 0.25) is 0 Å². The number of amides is 2. The Labute approximate surface area is 194 Å². The number of nitro groups is 1. The van der Waals surface area contributed by atoms with Crippen LogP contribution in [0.3, 0.4) is 0 Å². The average molecular weight is 508 g/mol. The van der Waals surface area contributed by atoms with Gasteiger partial charge in [-0.2, -0.15) is 0 Å². The lowest BCUT2D eigenvalue weighted by Gasteiger charge is -2.07. The van der Waals surface area contributed by atoms with Crippen LogP contribution >= 0.6 is 15.9 Å². The molecule has 0 aliphatic rings. The van der Waals surface area contributed by atoms with E-state index in [4.69, 9.17) is 4.42 Å². The lowest BCUT2D eigenvalue weighted by atomic mass is 10.1. The van der Waals surface area contributed by atoms with Gasteiger partial charge < -0.3 is 9.73 Å². The van der Waals surface area contributed by atoms with Gasteiger partial charge in [0.15, 0.2) is 0 Å². The molecule has 0 aliphatic heterocycles. The average Bonchev–Trinajstić information content (AvgIpc) is 3.28. The molecule has 1 aromatic heterocycles. The third-order valence-corrected chi connectivity index (χ3v) is 4.99. The largest absolute Gasteiger partial charge is 0.403 e. The summed E-state index contributed by atoms with van der Waals surface area (Å²) in [6, 6.07) is 18.6. The molecule has 0 saturated carbocycles. The highest BCUT2D eigenvalue weighted by Crippen LogP contribution is 2.23. The molecule has 10 nitrogen and oxygen atoms in total. The molecule has 2 amide bonds. The van der Waals surface area contributed by atoms with E-state index >= 15 is 0 Å². The normalized spacial score (nSPS) is 10.5. The molecular weight excluding hydrogens is 494 g/mol. The molecule has 0 spiro atoms. The fraction of sp³-hybridized carbons (Fsp3) is 0. The fourth-order valence-corrected chi connectivity index (χ4v) is 3.09. The minimum atomic E-state index is -0.520. The van der Waals surface area contributed by atoms with Crippen LogP contribution < -0.4 is 10.6 Å². The number of nitrogens with zero attached hydrogens (tertiary/aromatic N) is 3. The lowest BCUT2D eigenvalue weighted by molar-refractivity contribution is -0.384. The second-order valence-electron chi connectivity index (χ2n) is 6.71. The highest BCUT2D eigenvalue weighted by Gasteiger charge is 2.15. The first kappa shape index (κ1) is 21.8. The van der Waals surface area contributed by atoms with Crippen LogP contribution in [0, 0.1) is 10.1 Å². The van der Waals surface area contributed by atoms with Crippen molar-refractivity contribution in [2.45, 2.75) is 0 Å². The van der Waals surface area contributed by atoms with E-state index in [0.29, 0.717) is 16.8 Å². The Kier molecular flexibility index (Phi) is 6.22. The number of benzene rings is 3. The first-order chi connectivity index (χ1) is 15.9. The van der Waals surface area contributed by atoms with Crippen molar-refractivity contribution in [3.8, 4) is 11.5 Å². The lowest BCUT2D eigenvalue weighted by Crippen LogP contribution is -2.14. The molecule has 0 radical (unpaired) electrons. The van der Waals surface area contributed by atoms with Gasteiger partial charge in [0.25, 0.3) is 17.5 Å². The minimum Gasteiger partial charge on any atom is -0.403 e. The number of aromatic nitrogens is 2. The van der Waals surface area contributed by atoms with Crippen molar-refractivity contribution in [2.24, 2.45) is 0 Å². The van der Waals surface area contributed by atoms with Crippen molar-refractivity contribution in [2.75, 3.05) is 10.6 Å². The molecule has 3 aromatic carbocycles. The van der Waals surface area contributed by atoms with Crippen LogP contribution in [0.15, 0.2) is 81.7 Å². The van der Waals surface area contributed by atoms with E-state index in [-0.39, 0.29) is 29.1 Å². The maximum absolute atomic E-state index is 12.6. The summed E-state index contributed by atoms with van der Waals surface area (Å²) in [5.41, 5.74) is 1.56. The molecule has 0 unspecified atom stereocenters. The fourth-order valence-electron chi connectivity index (χ4n) is 2.83. The molecule has 33 heavy (non-hydrogen) atoms. The van der Waals surface area contributed by atoms with E-state index < -0.39 is 10.8 Å². The van der Waals surface area contributed by atoms with Crippen LogP contribution in [-0.2, 0) is 0 Å². The Hall–Kier alpha value is -4.38. The second-order valence-corrected chi connectivity index (χ2v) is 7.63. The van der Waals surface area contributed by atoms with E-state index in [1.54, 1.807) is 42.5 Å². The van der Waals surface area contributed by atoms with E-state index in [0.717, 1.165) is 4.47 Å². The van der Waals surface area contributed by atoms with E-state index in [1.165, 1.54) is 30.3 Å². The maximum Gasteiger partial charge on any atom is 0.322 e. The maximum atomic E-state index is 12.6. The number of nitro benzene ring substituents is 1. The number of carbonyl (C=O) groups excluding carboxylic acids is 2. The Morgan fingerprint density at radius 2 is 1.58 bits per heavy atom. The Morgan fingerprint density at radius 1 is 0.879 bits per heavy atom. The van der Waals surface area contributed by atoms with Crippen molar-refractivity contribution >= 4 is 45.1 Å². The summed E-state index contributed by atoms with van der Waals surface area (Å²) in [5, 5.41) is 23.6. The minimum absolute atomic E-state index is 0.0705. The zero-order chi connectivity index (χ0) is 23.4. The second kappa shape index (κ2) is 9.40. The van der Waals surface area contributed by atoms with Crippen molar-refractivity contribution in [1.82, 2.24) is 10.2 Å². The number of carbonyl (C=O) groups is 2. The zero-order valence-corrected chi connectivity index (χ0v) is 18.3. The number of hydrogen-bond acceptors (Lipinski definition) is 7. The molecular formula is C22H14BrN5O5. The van der Waals surface area contributed by atoms with Crippen LogP contribution in [0.25, 0.3) is 11.5 Å². The summed E-state index contributed by atoms with van der Waals surface area (Å²) in [7, 11) is 0. The molecule has 1 heterocycles. The molecule has 0 atom stereocenters. The number of nitrogens with one attached hydrogen (secondary N) is 2. The van der Waals surface area contributed by atoms with Gasteiger partial charge in [0.05, 0.1) is 4.92 Å². The smallest absolute Gasteiger partial charge is 0.322 e. The van der Waals surface area contributed by atoms with Gasteiger partial charge in [0, 0.05) is 39.0 Å². The molecule has 0 fully saturated rings. The number of hydrogen-bond donors (Lipinski definition) is 2. The molecule has 4 rings (SSSR count). The molecule has 2 N–H and O–H groups in total. The van der Waals surface area contributed by atoms with Crippen LogP contribution in [-0.4, -0.2) is 26.9 Å². The van der Waals surface area contributed by atoms with Gasteiger partial charge in [0.1, 0.15) is 0 Å². The van der Waals surface area contributed by atoms with Crippen molar-refractivity contribution < 1.29 is 18.9 Å². The van der Waals surface area contributed by atoms with E-state index in [2.05, 4.69) is 36.8 Å². The van der Waals surface area contributed by atoms with E-state index in [1.807, 2.05) is 0 Å². The summed E-state index contributed by atoms with van der Waals surface area (Å²) in [6.45, 7) is 0. The van der Waals surface area contributed by atoms with Crippen LogP contribution in [0.1, 0.15) is 20.7 Å². The molecule has 0 bridgehead atoms.